The van der Waals surface area contributed by atoms with Gasteiger partial charge in [-0.2, -0.15) is 0 Å². The minimum atomic E-state index is -1.03. The molecule has 0 aliphatic carbocycles. The first kappa shape index (κ1) is 18.7. The molecule has 0 amide bonds. The summed E-state index contributed by atoms with van der Waals surface area (Å²) in [6.45, 7) is 0.568. The van der Waals surface area contributed by atoms with Crippen molar-refractivity contribution in [2.45, 2.75) is 25.5 Å². The van der Waals surface area contributed by atoms with E-state index in [4.69, 9.17) is 25.5 Å². The van der Waals surface area contributed by atoms with E-state index >= 15 is 0 Å². The summed E-state index contributed by atoms with van der Waals surface area (Å²) < 4.78 is 16.6. The van der Waals surface area contributed by atoms with E-state index in [0.717, 1.165) is 17.2 Å². The monoisotopic (exact) mass is 364 g/mol. The van der Waals surface area contributed by atoms with Crippen molar-refractivity contribution >= 4 is 27.3 Å². The van der Waals surface area contributed by atoms with Gasteiger partial charge in [-0.3, -0.25) is 0 Å². The minimum Gasteiger partial charge on any atom is -0.521 e. The van der Waals surface area contributed by atoms with Gasteiger partial charge in [-0.25, -0.2) is 4.79 Å². The molecule has 6 heteroatoms. The van der Waals surface area contributed by atoms with Crippen LogP contribution in [0.4, 0.5) is 0 Å². The Labute approximate surface area is 149 Å². The van der Waals surface area contributed by atoms with E-state index in [0.29, 0.717) is 5.88 Å². The molecule has 0 heterocycles. The normalized spacial score (nSPS) is 11.2. The van der Waals surface area contributed by atoms with Crippen LogP contribution in [0.3, 0.4) is 0 Å². The van der Waals surface area contributed by atoms with Crippen LogP contribution in [0.15, 0.2) is 60.7 Å². The number of carbonyl (C=O) groups is 1. The molecule has 0 aliphatic heterocycles. The summed E-state index contributed by atoms with van der Waals surface area (Å²) in [4.78, 5) is 12.2. The molecule has 0 aliphatic rings. The van der Waals surface area contributed by atoms with Gasteiger partial charge in [0.15, 0.2) is 0 Å². The van der Waals surface area contributed by atoms with Crippen LogP contribution in [-0.4, -0.2) is 27.9 Å². The fourth-order valence-electron chi connectivity index (χ4n) is 1.97. The zero-order valence-corrected chi connectivity index (χ0v) is 15.6. The van der Waals surface area contributed by atoms with E-state index in [-0.39, 0.29) is 13.2 Å². The van der Waals surface area contributed by atoms with Gasteiger partial charge < -0.3 is 13.9 Å². The Balaban J connectivity index is 1.90. The van der Waals surface area contributed by atoms with Gasteiger partial charge in [-0.05, 0) is 17.2 Å². The van der Waals surface area contributed by atoms with Gasteiger partial charge in [-0.1, -0.05) is 60.7 Å². The molecule has 0 saturated heterocycles. The molecule has 0 radical (unpaired) electrons. The minimum absolute atomic E-state index is 0.284. The highest BCUT2D eigenvalue weighted by atomic mass is 35.5. The predicted molar refractivity (Wildman–Crippen MR) is 96.4 cm³/mol. The molecule has 2 rings (SSSR count). The second-order valence-electron chi connectivity index (χ2n) is 5.14. The van der Waals surface area contributed by atoms with E-state index in [1.54, 1.807) is 0 Å². The van der Waals surface area contributed by atoms with Crippen LogP contribution < -0.4 is 0 Å². The van der Waals surface area contributed by atoms with Crippen LogP contribution >= 0.6 is 11.6 Å². The van der Waals surface area contributed by atoms with Gasteiger partial charge in [0.2, 0.25) is 9.76 Å². The Morgan fingerprint density at radius 3 is 1.88 bits per heavy atom. The zero-order chi connectivity index (χ0) is 17.0. The largest absolute Gasteiger partial charge is 0.521 e. The van der Waals surface area contributed by atoms with E-state index < -0.39 is 22.0 Å². The highest BCUT2D eigenvalue weighted by Crippen LogP contribution is 2.09. The maximum Gasteiger partial charge on any atom is 0.349 e. The number of rotatable bonds is 10. The molecular weight excluding hydrogens is 344 g/mol. The lowest BCUT2D eigenvalue weighted by atomic mass is 10.2. The van der Waals surface area contributed by atoms with E-state index in [2.05, 4.69) is 0 Å². The Morgan fingerprint density at radius 1 is 0.917 bits per heavy atom. The van der Waals surface area contributed by atoms with Crippen molar-refractivity contribution in [3.05, 3.63) is 71.8 Å². The van der Waals surface area contributed by atoms with Crippen molar-refractivity contribution in [1.29, 1.82) is 0 Å². The van der Waals surface area contributed by atoms with Gasteiger partial charge in [0.25, 0.3) is 6.29 Å². The van der Waals surface area contributed by atoms with Gasteiger partial charge >= 0.3 is 5.97 Å². The van der Waals surface area contributed by atoms with Gasteiger partial charge in [0.1, 0.15) is 0 Å². The Bertz CT molecular complexity index is 551. The highest BCUT2D eigenvalue weighted by molar-refractivity contribution is 6.33. The maximum absolute atomic E-state index is 12.2. The summed E-state index contributed by atoms with van der Waals surface area (Å²) in [5, 5.41) is 0. The van der Waals surface area contributed by atoms with Crippen molar-refractivity contribution in [3.63, 3.8) is 0 Å². The number of hydrogen-bond donors (Lipinski definition) is 0. The first-order valence-corrected chi connectivity index (χ1v) is 9.94. The lowest BCUT2D eigenvalue weighted by Gasteiger charge is -2.18. The number of ether oxygens (including phenoxy) is 2. The Hall–Kier alpha value is -1.66. The summed E-state index contributed by atoms with van der Waals surface area (Å²) in [6, 6.07) is 20.0. The lowest BCUT2D eigenvalue weighted by Crippen LogP contribution is -2.30. The van der Waals surface area contributed by atoms with Gasteiger partial charge in [-0.15, -0.1) is 11.6 Å². The van der Waals surface area contributed by atoms with Crippen molar-refractivity contribution in [1.82, 2.24) is 0 Å². The molecule has 0 bridgehead atoms. The molecular formula is C18H21ClO4Si. The smallest absolute Gasteiger partial charge is 0.349 e. The number of hydrogen-bond acceptors (Lipinski definition) is 4. The third kappa shape index (κ3) is 6.84. The Kier molecular flexibility index (Phi) is 8.55. The third-order valence-corrected chi connectivity index (χ3v) is 5.05. The predicted octanol–water partition coefficient (Wildman–Crippen LogP) is 3.03. The van der Waals surface area contributed by atoms with E-state index in [9.17, 15) is 4.79 Å². The van der Waals surface area contributed by atoms with Crippen LogP contribution in [0.25, 0.3) is 0 Å². The summed E-state index contributed by atoms with van der Waals surface area (Å²) in [5.41, 5.74) is 1.94. The molecule has 0 N–H and O–H groups in total. The molecule has 2 aromatic rings. The van der Waals surface area contributed by atoms with Crippen LogP contribution in [-0.2, 0) is 31.9 Å². The van der Waals surface area contributed by atoms with Gasteiger partial charge in [0, 0.05) is 5.88 Å². The molecule has 0 spiro atoms. The molecule has 0 aromatic heterocycles. The quantitative estimate of drug-likeness (QED) is 0.281. The number of carbonyl (C=O) groups excluding carboxylic acids is 1. The number of halogens is 1. The van der Waals surface area contributed by atoms with Crippen molar-refractivity contribution in [3.8, 4) is 0 Å². The van der Waals surface area contributed by atoms with Crippen LogP contribution in [0, 0.1) is 0 Å². The molecule has 0 unspecified atom stereocenters. The molecule has 0 atom stereocenters. The molecule has 2 aromatic carbocycles. The van der Waals surface area contributed by atoms with E-state index in [1.807, 2.05) is 60.7 Å². The summed E-state index contributed by atoms with van der Waals surface area (Å²) >= 11 is 5.63. The second-order valence-corrected chi connectivity index (χ2v) is 6.92. The third-order valence-electron chi connectivity index (χ3n) is 3.20. The van der Waals surface area contributed by atoms with Crippen LogP contribution in [0.1, 0.15) is 11.1 Å². The number of benzene rings is 2. The summed E-state index contributed by atoms with van der Waals surface area (Å²) in [5.74, 6) is 0.0264. The van der Waals surface area contributed by atoms with E-state index in [1.165, 1.54) is 0 Å². The highest BCUT2D eigenvalue weighted by Gasteiger charge is 2.21. The Morgan fingerprint density at radius 2 is 1.42 bits per heavy atom. The zero-order valence-electron chi connectivity index (χ0n) is 13.4. The second kappa shape index (κ2) is 11.0. The first-order valence-electron chi connectivity index (χ1n) is 7.83. The first-order chi connectivity index (χ1) is 11.8. The van der Waals surface area contributed by atoms with Crippen molar-refractivity contribution < 1.29 is 18.7 Å². The average molecular weight is 365 g/mol. The fraction of sp³-hybridized carbons (Fsp3) is 0.278. The summed E-state index contributed by atoms with van der Waals surface area (Å²) in [6.07, 6.45) is -1.03. The molecule has 128 valence electrons. The lowest BCUT2D eigenvalue weighted by molar-refractivity contribution is -0.192. The van der Waals surface area contributed by atoms with Crippen LogP contribution in [0.5, 0.6) is 0 Å². The maximum atomic E-state index is 12.2. The molecule has 24 heavy (non-hydrogen) atoms. The van der Waals surface area contributed by atoms with Crippen molar-refractivity contribution in [2.75, 3.05) is 5.88 Å². The standard InChI is InChI=1S/C18H21ClO4Si/c19-11-12-24-23-17(20)18(21-13-15-7-3-1-4-8-15)22-14-16-9-5-2-6-10-16/h1-10,18H,11-14,24H2. The molecule has 0 fully saturated rings. The molecule has 4 nitrogen and oxygen atoms in total. The van der Waals surface area contributed by atoms with Crippen molar-refractivity contribution in [2.24, 2.45) is 0 Å². The average Bonchev–Trinajstić information content (AvgIpc) is 2.63. The van der Waals surface area contributed by atoms with Crippen LogP contribution in [0.2, 0.25) is 6.04 Å². The number of alkyl halides is 1. The fourth-order valence-corrected chi connectivity index (χ4v) is 2.89. The van der Waals surface area contributed by atoms with Gasteiger partial charge in [0.05, 0.1) is 13.2 Å². The molecule has 0 saturated carbocycles. The SMILES string of the molecule is O=C(O[SiH2]CCCl)C(OCc1ccccc1)OCc1ccccc1. The topological polar surface area (TPSA) is 44.8 Å². The summed E-state index contributed by atoms with van der Waals surface area (Å²) in [7, 11) is -0.980.